The van der Waals surface area contributed by atoms with E-state index in [9.17, 15) is 4.79 Å². The molecule has 0 aromatic rings. The molecule has 27 valence electrons. The molecule has 0 saturated heterocycles. The molecule has 0 saturated carbocycles. The number of carboxylic acids is 1. The molecule has 0 amide bonds. The summed E-state index contributed by atoms with van der Waals surface area (Å²) in [4.78, 5) is 9.18. The zero-order chi connectivity index (χ0) is 4.28. The summed E-state index contributed by atoms with van der Waals surface area (Å²) in [7, 11) is 0. The van der Waals surface area contributed by atoms with E-state index in [2.05, 4.69) is 0 Å². The summed E-state index contributed by atoms with van der Waals surface area (Å²) in [5.74, 6) is -1.08. The third-order valence-corrected chi connectivity index (χ3v) is 0. The minimum absolute atomic E-state index is 0. The Balaban J connectivity index is 0. The second-order valence-corrected chi connectivity index (χ2v) is 0.394. The van der Waals surface area contributed by atoms with Crippen LogP contribution in [-0.2, 0) is 37.5 Å². The molecule has 1 radical (unpaired) electrons. The van der Waals surface area contributed by atoms with E-state index in [4.69, 9.17) is 6.48 Å². The average molecular weight is 150 g/mol. The van der Waals surface area contributed by atoms with Gasteiger partial charge in [0.25, 0.3) is 5.97 Å². The number of hydrogen-bond acceptors (Lipinski definition) is 1. The summed E-state index contributed by atoms with van der Waals surface area (Å²) < 4.78 is 6.06. The summed E-state index contributed by atoms with van der Waals surface area (Å²) in [6.45, 7) is -0.528. The van der Waals surface area contributed by atoms with Crippen molar-refractivity contribution in [2.24, 2.45) is 0 Å². The quantitative estimate of drug-likeness (QED) is 0.531. The van der Waals surface area contributed by atoms with Gasteiger partial charge in [0, 0.05) is 41.0 Å². The first-order chi connectivity index (χ1) is 2.27. The van der Waals surface area contributed by atoms with Gasteiger partial charge in [0.1, 0.15) is 0 Å². The average Bonchev–Trinajstić information content (AvgIpc) is 1.38. The van der Waals surface area contributed by atoms with Crippen LogP contribution in [0.3, 0.4) is 0 Å². The van der Waals surface area contributed by atoms with Crippen LogP contribution in [0, 0.1) is 0 Å². The van der Waals surface area contributed by atoms with Crippen molar-refractivity contribution in [3.63, 3.8) is 0 Å². The summed E-state index contributed by atoms with van der Waals surface area (Å²) in [5.41, 5.74) is 0. The van der Waals surface area contributed by atoms with Gasteiger partial charge in [0.15, 0.2) is 0 Å². The Labute approximate surface area is 56.8 Å². The van der Waals surface area contributed by atoms with Crippen molar-refractivity contribution in [3.8, 4) is 0 Å². The molecular formula is C2H4O2Y. The third kappa shape index (κ3) is 92.0. The number of rotatable bonds is 0. The van der Waals surface area contributed by atoms with Crippen molar-refractivity contribution in [3.05, 3.63) is 0 Å². The molecule has 0 aliphatic heterocycles. The van der Waals surface area contributed by atoms with Crippen molar-refractivity contribution < 1.29 is 44.0 Å². The number of carboxylic acid groups (broad SMARTS) is 1. The molecule has 0 heterocycles. The Hall–Kier alpha value is 0.574. The van der Waals surface area contributed by atoms with Crippen LogP contribution in [0.5, 0.6) is 0 Å². The molecule has 0 rings (SSSR count). The second-order valence-electron chi connectivity index (χ2n) is 0.394. The number of aliphatic carboxylic acids is 1. The third-order valence-electron chi connectivity index (χ3n) is 0. The van der Waals surface area contributed by atoms with Crippen LogP contribution in [0.2, 0.25) is 0 Å². The van der Waals surface area contributed by atoms with Gasteiger partial charge in [0.2, 0.25) is 0 Å². The molecule has 0 fully saturated rings. The van der Waals surface area contributed by atoms with E-state index in [0.29, 0.717) is 0 Å². The minimum Gasteiger partial charge on any atom is -0.481 e. The summed E-state index contributed by atoms with van der Waals surface area (Å²) in [6.07, 6.45) is 0. The molecule has 0 aromatic heterocycles. The van der Waals surface area contributed by atoms with Crippen molar-refractivity contribution in [2.75, 3.05) is 0 Å². The first kappa shape index (κ1) is 5.57. The first-order valence-corrected chi connectivity index (χ1v) is 0.781. The molecule has 0 atom stereocenters. The summed E-state index contributed by atoms with van der Waals surface area (Å²) in [6, 6.07) is 0. The van der Waals surface area contributed by atoms with Gasteiger partial charge in [0.05, 0.1) is 0 Å². The fourth-order valence-electron chi connectivity index (χ4n) is 0. The Kier molecular flexibility index (Phi) is 5.10. The number of hydrogen-bond donors (Lipinski definition) is 1. The van der Waals surface area contributed by atoms with Gasteiger partial charge in [-0.05, 0) is 0 Å². The van der Waals surface area contributed by atoms with E-state index in [-0.39, 0.29) is 32.7 Å². The van der Waals surface area contributed by atoms with Crippen LogP contribution in [-0.4, -0.2) is 11.1 Å². The molecule has 2 nitrogen and oxygen atoms in total. The molecule has 0 unspecified atom stereocenters. The Morgan fingerprint density at radius 2 is 2.40 bits per heavy atom. The van der Waals surface area contributed by atoms with Crippen molar-refractivity contribution in [1.29, 1.82) is 0 Å². The van der Waals surface area contributed by atoms with Crippen LogP contribution >= 0.6 is 0 Å². The SMILES string of the molecule is [2H]CC(=O)O.[Y]. The predicted molar refractivity (Wildman–Crippen MR) is 13.3 cm³/mol. The zero-order valence-corrected chi connectivity index (χ0v) is 5.48. The van der Waals surface area contributed by atoms with E-state index in [1.54, 1.807) is 0 Å². The number of carbonyl (C=O) groups is 1. The molecular weight excluding hydrogens is 145 g/mol. The van der Waals surface area contributed by atoms with E-state index < -0.39 is 12.9 Å². The maximum absolute atomic E-state index is 9.18. The Bertz CT molecular complexity index is 46.8. The van der Waals surface area contributed by atoms with Crippen molar-refractivity contribution >= 4 is 5.97 Å². The molecule has 3 heteroatoms. The standard InChI is InChI=1S/C2H4O2.Y/c1-2(3)4;/h1H3,(H,3,4);/i1D;. The molecule has 1 N–H and O–H groups in total. The van der Waals surface area contributed by atoms with Gasteiger partial charge in [-0.1, -0.05) is 0 Å². The Morgan fingerprint density at radius 3 is 2.40 bits per heavy atom. The van der Waals surface area contributed by atoms with Gasteiger partial charge >= 0.3 is 0 Å². The molecule has 0 aliphatic carbocycles. The van der Waals surface area contributed by atoms with Gasteiger partial charge in [-0.3, -0.25) is 4.79 Å². The van der Waals surface area contributed by atoms with Crippen LogP contribution < -0.4 is 0 Å². The molecule has 0 aliphatic rings. The van der Waals surface area contributed by atoms with E-state index in [1.807, 2.05) is 0 Å². The van der Waals surface area contributed by atoms with Crippen LogP contribution in [0.15, 0.2) is 0 Å². The van der Waals surface area contributed by atoms with E-state index in [1.165, 1.54) is 0 Å². The van der Waals surface area contributed by atoms with E-state index in [0.717, 1.165) is 0 Å². The monoisotopic (exact) mass is 150 g/mol. The predicted octanol–water partition coefficient (Wildman–Crippen LogP) is 0.0884. The zero-order valence-electron chi connectivity index (χ0n) is 3.64. The fraction of sp³-hybridized carbons (Fsp3) is 0.500. The van der Waals surface area contributed by atoms with Crippen LogP contribution in [0.1, 0.15) is 8.27 Å². The van der Waals surface area contributed by atoms with Gasteiger partial charge in [-0.2, -0.15) is 0 Å². The summed E-state index contributed by atoms with van der Waals surface area (Å²) >= 11 is 0. The van der Waals surface area contributed by atoms with Gasteiger partial charge < -0.3 is 5.11 Å². The smallest absolute Gasteiger partial charge is 0.300 e. The maximum Gasteiger partial charge on any atom is 0.300 e. The van der Waals surface area contributed by atoms with E-state index >= 15 is 0 Å². The fourth-order valence-corrected chi connectivity index (χ4v) is 0. The minimum atomic E-state index is -1.08. The van der Waals surface area contributed by atoms with Crippen LogP contribution in [0.4, 0.5) is 0 Å². The van der Waals surface area contributed by atoms with Gasteiger partial charge in [-0.15, -0.1) is 0 Å². The topological polar surface area (TPSA) is 37.3 Å². The molecule has 0 aromatic carbocycles. The molecule has 0 bridgehead atoms. The van der Waals surface area contributed by atoms with Gasteiger partial charge in [-0.25, -0.2) is 0 Å². The van der Waals surface area contributed by atoms with Crippen molar-refractivity contribution in [2.45, 2.75) is 6.90 Å². The second kappa shape index (κ2) is 4.57. The summed E-state index contributed by atoms with van der Waals surface area (Å²) in [5, 5.41) is 7.53. The first-order valence-electron chi connectivity index (χ1n) is 1.49. The van der Waals surface area contributed by atoms with Crippen LogP contribution in [0.25, 0.3) is 0 Å². The normalized spacial score (nSPS) is 7.60. The molecule has 0 spiro atoms. The maximum atomic E-state index is 9.18. The largest absolute Gasteiger partial charge is 0.481 e. The Morgan fingerprint density at radius 1 is 2.20 bits per heavy atom. The molecule has 5 heavy (non-hydrogen) atoms. The van der Waals surface area contributed by atoms with Crippen molar-refractivity contribution in [1.82, 2.24) is 0 Å².